The highest BCUT2D eigenvalue weighted by Gasteiger charge is 2.26. The first-order valence-electron chi connectivity index (χ1n) is 18.5. The number of amides is 1. The van der Waals surface area contributed by atoms with Gasteiger partial charge in [0, 0.05) is 12.8 Å². The molecule has 0 aromatic rings. The van der Waals surface area contributed by atoms with Gasteiger partial charge in [-0.05, 0) is 25.7 Å². The highest BCUT2D eigenvalue weighted by atomic mass is 31.2. The summed E-state index contributed by atoms with van der Waals surface area (Å²) in [7, 11) is -4.73. The van der Waals surface area contributed by atoms with E-state index in [1.54, 1.807) is 0 Å². The Hall–Kier alpha value is -1.48. The van der Waals surface area contributed by atoms with Crippen LogP contribution in [0.5, 0.6) is 0 Å². The van der Waals surface area contributed by atoms with Gasteiger partial charge in [-0.3, -0.25) is 14.1 Å². The lowest BCUT2D eigenvalue weighted by Gasteiger charge is -2.21. The molecule has 0 heterocycles. The first-order chi connectivity index (χ1) is 22.1. The highest BCUT2D eigenvalue weighted by Crippen LogP contribution is 2.35. The number of hydrogen-bond donors (Lipinski definition) is 3. The van der Waals surface area contributed by atoms with Crippen molar-refractivity contribution in [3.63, 3.8) is 0 Å². The topological polar surface area (TPSA) is 148 Å². The predicted molar refractivity (Wildman–Crippen MR) is 183 cm³/mol. The van der Waals surface area contributed by atoms with Crippen LogP contribution < -0.4 is 5.32 Å². The van der Waals surface area contributed by atoms with Crippen molar-refractivity contribution in [1.82, 2.24) is 5.32 Å². The molecule has 2 atom stereocenters. The molecule has 0 spiro atoms. The molecular formula is C35H68NO9P. The van der Waals surface area contributed by atoms with E-state index in [1.165, 1.54) is 77.0 Å². The Bertz CT molecular complexity index is 805. The van der Waals surface area contributed by atoms with Crippen molar-refractivity contribution in [2.75, 3.05) is 13.2 Å². The highest BCUT2D eigenvalue weighted by molar-refractivity contribution is 7.46. The SMILES string of the molecule is CCCCCCCCCCCC(=O)O[C@H](CCCCCCCCCCC)CC(=O)NC(CCOP(=O)(O)O)C(=O)OCCCCC. The van der Waals surface area contributed by atoms with E-state index in [9.17, 15) is 18.9 Å². The minimum Gasteiger partial charge on any atom is -0.464 e. The minimum atomic E-state index is -4.73. The fraction of sp³-hybridized carbons (Fsp3) is 0.914. The van der Waals surface area contributed by atoms with Crippen LogP contribution >= 0.6 is 7.82 Å². The van der Waals surface area contributed by atoms with Crippen LogP contribution in [0.2, 0.25) is 0 Å². The van der Waals surface area contributed by atoms with Crippen molar-refractivity contribution in [3.8, 4) is 0 Å². The third-order valence-electron chi connectivity index (χ3n) is 8.10. The molecule has 1 unspecified atom stereocenters. The standard InChI is InChI=1S/C35H68NO9P/c1-4-7-10-12-14-16-18-20-22-25-31(45-34(38)26-23-21-19-17-15-13-11-8-5-2)30-33(37)36-32(27-29-44-46(40,41)42)35(39)43-28-24-9-6-3/h31-32H,4-30H2,1-3H3,(H,36,37)(H2,40,41,42)/t31-,32?/m1/s1. The summed E-state index contributed by atoms with van der Waals surface area (Å²) in [6.07, 6.45) is 23.2. The molecule has 1 amide bonds. The molecule has 10 nitrogen and oxygen atoms in total. The van der Waals surface area contributed by atoms with Crippen LogP contribution in [0.4, 0.5) is 0 Å². The first kappa shape index (κ1) is 44.5. The zero-order valence-corrected chi connectivity index (χ0v) is 30.3. The quantitative estimate of drug-likeness (QED) is 0.0352. The van der Waals surface area contributed by atoms with Crippen LogP contribution in [0.15, 0.2) is 0 Å². The smallest absolute Gasteiger partial charge is 0.464 e. The number of rotatable bonds is 33. The average Bonchev–Trinajstić information content (AvgIpc) is 3.00. The van der Waals surface area contributed by atoms with E-state index in [-0.39, 0.29) is 25.4 Å². The van der Waals surface area contributed by atoms with Crippen LogP contribution in [0.3, 0.4) is 0 Å². The predicted octanol–water partition coefficient (Wildman–Crippen LogP) is 8.85. The second kappa shape index (κ2) is 30.8. The van der Waals surface area contributed by atoms with Gasteiger partial charge < -0.3 is 24.6 Å². The maximum absolute atomic E-state index is 13.1. The van der Waals surface area contributed by atoms with Crippen molar-refractivity contribution < 1.29 is 42.7 Å². The van der Waals surface area contributed by atoms with Gasteiger partial charge in [-0.2, -0.15) is 0 Å². The number of carbonyl (C=O) groups is 3. The van der Waals surface area contributed by atoms with E-state index >= 15 is 0 Å². The molecule has 0 saturated carbocycles. The van der Waals surface area contributed by atoms with Crippen LogP contribution in [0.25, 0.3) is 0 Å². The molecular weight excluding hydrogens is 609 g/mol. The van der Waals surface area contributed by atoms with Gasteiger partial charge in [0.15, 0.2) is 0 Å². The van der Waals surface area contributed by atoms with E-state index in [1.807, 2.05) is 6.92 Å². The molecule has 0 aromatic heterocycles. The van der Waals surface area contributed by atoms with E-state index in [0.29, 0.717) is 19.3 Å². The van der Waals surface area contributed by atoms with Crippen LogP contribution in [-0.2, 0) is 32.9 Å². The van der Waals surface area contributed by atoms with Gasteiger partial charge in [-0.1, -0.05) is 136 Å². The molecule has 0 bridgehead atoms. The van der Waals surface area contributed by atoms with E-state index in [2.05, 4.69) is 23.7 Å². The second-order valence-corrected chi connectivity index (χ2v) is 13.9. The fourth-order valence-corrected chi connectivity index (χ4v) is 5.68. The number of nitrogens with one attached hydrogen (secondary N) is 1. The number of unbranched alkanes of at least 4 members (excludes halogenated alkanes) is 18. The zero-order chi connectivity index (χ0) is 34.3. The maximum Gasteiger partial charge on any atom is 0.469 e. The van der Waals surface area contributed by atoms with Gasteiger partial charge >= 0.3 is 19.8 Å². The van der Waals surface area contributed by atoms with Crippen LogP contribution in [0.1, 0.15) is 181 Å². The van der Waals surface area contributed by atoms with Gasteiger partial charge in [0.1, 0.15) is 12.1 Å². The summed E-state index contributed by atoms with van der Waals surface area (Å²) in [6.45, 7) is 6.20. The summed E-state index contributed by atoms with van der Waals surface area (Å²) in [6, 6.07) is -1.13. The Morgan fingerprint density at radius 3 is 1.63 bits per heavy atom. The molecule has 11 heteroatoms. The Morgan fingerprint density at radius 2 is 1.11 bits per heavy atom. The molecule has 0 aliphatic rings. The lowest BCUT2D eigenvalue weighted by Crippen LogP contribution is -2.44. The molecule has 0 radical (unpaired) electrons. The Kier molecular flexibility index (Phi) is 29.8. The molecule has 272 valence electrons. The summed E-state index contributed by atoms with van der Waals surface area (Å²) < 4.78 is 26.7. The molecule has 0 rings (SSSR count). The van der Waals surface area contributed by atoms with Crippen molar-refractivity contribution in [2.45, 2.75) is 193 Å². The van der Waals surface area contributed by atoms with Gasteiger partial charge in [0.25, 0.3) is 0 Å². The third kappa shape index (κ3) is 29.9. The summed E-state index contributed by atoms with van der Waals surface area (Å²) >= 11 is 0. The van der Waals surface area contributed by atoms with Gasteiger partial charge in [0.2, 0.25) is 5.91 Å². The molecule has 0 aliphatic heterocycles. The molecule has 0 aromatic carbocycles. The van der Waals surface area contributed by atoms with E-state index < -0.39 is 38.5 Å². The zero-order valence-electron chi connectivity index (χ0n) is 29.4. The van der Waals surface area contributed by atoms with Crippen molar-refractivity contribution in [1.29, 1.82) is 0 Å². The Morgan fingerprint density at radius 1 is 0.630 bits per heavy atom. The third-order valence-corrected chi connectivity index (χ3v) is 8.62. The van der Waals surface area contributed by atoms with Gasteiger partial charge in [-0.15, -0.1) is 0 Å². The number of phosphoric acid groups is 1. The van der Waals surface area contributed by atoms with Crippen LogP contribution in [0, 0.1) is 0 Å². The fourth-order valence-electron chi connectivity index (χ4n) is 5.33. The number of ether oxygens (including phenoxy) is 2. The van der Waals surface area contributed by atoms with Crippen molar-refractivity contribution in [3.05, 3.63) is 0 Å². The number of phosphoric ester groups is 1. The lowest BCUT2D eigenvalue weighted by molar-refractivity contribution is -0.153. The second-order valence-electron chi connectivity index (χ2n) is 12.6. The summed E-state index contributed by atoms with van der Waals surface area (Å²) in [4.78, 5) is 56.5. The average molecular weight is 678 g/mol. The number of carbonyl (C=O) groups excluding carboxylic acids is 3. The van der Waals surface area contributed by atoms with Crippen molar-refractivity contribution in [2.24, 2.45) is 0 Å². The summed E-state index contributed by atoms with van der Waals surface area (Å²) in [5.74, 6) is -1.47. The normalized spacial score (nSPS) is 12.9. The van der Waals surface area contributed by atoms with Gasteiger partial charge in [-0.25, -0.2) is 9.36 Å². The molecule has 0 aliphatic carbocycles. The van der Waals surface area contributed by atoms with E-state index in [0.717, 1.165) is 51.4 Å². The molecule has 0 saturated heterocycles. The van der Waals surface area contributed by atoms with Crippen LogP contribution in [-0.4, -0.2) is 53.0 Å². The Balaban J connectivity index is 4.98. The molecule has 3 N–H and O–H groups in total. The Labute approximate surface area is 280 Å². The largest absolute Gasteiger partial charge is 0.469 e. The van der Waals surface area contributed by atoms with Crippen molar-refractivity contribution >= 4 is 25.7 Å². The summed E-state index contributed by atoms with van der Waals surface area (Å²) in [5.41, 5.74) is 0. The molecule has 0 fully saturated rings. The summed E-state index contributed by atoms with van der Waals surface area (Å²) in [5, 5.41) is 2.63. The maximum atomic E-state index is 13.1. The lowest BCUT2D eigenvalue weighted by atomic mass is 10.0. The van der Waals surface area contributed by atoms with Gasteiger partial charge in [0.05, 0.1) is 19.6 Å². The minimum absolute atomic E-state index is 0.0977. The monoisotopic (exact) mass is 677 g/mol. The molecule has 46 heavy (non-hydrogen) atoms. The van der Waals surface area contributed by atoms with E-state index in [4.69, 9.17) is 19.3 Å². The first-order valence-corrected chi connectivity index (χ1v) is 20.0. The number of esters is 2. The number of hydrogen-bond acceptors (Lipinski definition) is 7.